The highest BCUT2D eigenvalue weighted by Crippen LogP contribution is 2.20. The van der Waals surface area contributed by atoms with E-state index in [0.29, 0.717) is 11.4 Å². The van der Waals surface area contributed by atoms with E-state index in [4.69, 9.17) is 20.8 Å². The maximum absolute atomic E-state index is 13.2. The lowest BCUT2D eigenvalue weighted by atomic mass is 10.3. The van der Waals surface area contributed by atoms with Crippen LogP contribution in [0.1, 0.15) is 19.1 Å². The van der Waals surface area contributed by atoms with Gasteiger partial charge in [-0.1, -0.05) is 11.6 Å². The number of amides is 2. The molecule has 0 bridgehead atoms. The van der Waals surface area contributed by atoms with E-state index in [9.17, 15) is 14.0 Å². The Hall–Kier alpha value is -2.54. The molecule has 8 heteroatoms. The molecule has 0 saturated carbocycles. The summed E-state index contributed by atoms with van der Waals surface area (Å²) in [5, 5.41) is 2.52. The topological polar surface area (TPSA) is 71.8 Å². The largest absolute Gasteiger partial charge is 0.467 e. The number of carbonyl (C=O) groups excluding carboxylic acids is 2. The van der Waals surface area contributed by atoms with Gasteiger partial charge in [0.25, 0.3) is 0 Å². The monoisotopic (exact) mass is 368 g/mol. The van der Waals surface area contributed by atoms with E-state index >= 15 is 0 Å². The van der Waals surface area contributed by atoms with Crippen molar-refractivity contribution < 1.29 is 23.1 Å². The van der Waals surface area contributed by atoms with Gasteiger partial charge in [0.1, 0.15) is 11.6 Å². The van der Waals surface area contributed by atoms with Crippen LogP contribution < -0.4 is 5.32 Å². The Kier molecular flexibility index (Phi) is 6.82. The van der Waals surface area contributed by atoms with Gasteiger partial charge in [-0.05, 0) is 37.3 Å². The molecule has 134 valence electrons. The summed E-state index contributed by atoms with van der Waals surface area (Å²) in [6.07, 6.45) is 1.54. The van der Waals surface area contributed by atoms with E-state index < -0.39 is 17.8 Å². The van der Waals surface area contributed by atoms with Gasteiger partial charge in [0.2, 0.25) is 0 Å². The summed E-state index contributed by atoms with van der Waals surface area (Å²) >= 11 is 5.71. The molecule has 25 heavy (non-hydrogen) atoms. The highest BCUT2D eigenvalue weighted by atomic mass is 35.5. The number of anilines is 1. The van der Waals surface area contributed by atoms with Crippen molar-refractivity contribution in [1.29, 1.82) is 0 Å². The Morgan fingerprint density at radius 2 is 2.16 bits per heavy atom. The molecule has 0 fully saturated rings. The van der Waals surface area contributed by atoms with E-state index in [2.05, 4.69) is 5.32 Å². The second kappa shape index (κ2) is 9.08. The van der Waals surface area contributed by atoms with Crippen LogP contribution in [0.5, 0.6) is 0 Å². The lowest BCUT2D eigenvalue weighted by Crippen LogP contribution is -2.36. The standard InChI is InChI=1S/C17H18ClFN2O4/c1-2-24-16(22)7-8-21(11-13-4-3-9-25-13)17(23)20-12-5-6-15(19)14(18)10-12/h3-6,9-10H,2,7-8,11H2,1H3,(H,20,23). The molecule has 0 saturated heterocycles. The molecule has 1 aromatic carbocycles. The number of esters is 1. The zero-order valence-electron chi connectivity index (χ0n) is 13.6. The van der Waals surface area contributed by atoms with Crippen molar-refractivity contribution in [2.75, 3.05) is 18.5 Å². The second-order valence-electron chi connectivity index (χ2n) is 5.11. The highest BCUT2D eigenvalue weighted by Gasteiger charge is 2.18. The van der Waals surface area contributed by atoms with Crippen LogP contribution in [0.3, 0.4) is 0 Å². The number of nitrogens with one attached hydrogen (secondary N) is 1. The number of carbonyl (C=O) groups is 2. The fourth-order valence-corrected chi connectivity index (χ4v) is 2.26. The third kappa shape index (κ3) is 5.79. The number of hydrogen-bond donors (Lipinski definition) is 1. The number of ether oxygens (including phenoxy) is 1. The molecule has 0 radical (unpaired) electrons. The van der Waals surface area contributed by atoms with Gasteiger partial charge in [0.05, 0.1) is 30.9 Å². The average molecular weight is 369 g/mol. The highest BCUT2D eigenvalue weighted by molar-refractivity contribution is 6.31. The molecule has 6 nitrogen and oxygen atoms in total. The number of hydrogen-bond acceptors (Lipinski definition) is 4. The first-order valence-electron chi connectivity index (χ1n) is 7.68. The molecule has 2 amide bonds. The Morgan fingerprint density at radius 1 is 1.36 bits per heavy atom. The van der Waals surface area contributed by atoms with Crippen LogP contribution in [0.2, 0.25) is 5.02 Å². The zero-order chi connectivity index (χ0) is 18.2. The molecule has 1 N–H and O–H groups in total. The molecule has 2 rings (SSSR count). The third-order valence-electron chi connectivity index (χ3n) is 3.28. The van der Waals surface area contributed by atoms with Gasteiger partial charge in [-0.3, -0.25) is 4.79 Å². The number of urea groups is 1. The molecular weight excluding hydrogens is 351 g/mol. The average Bonchev–Trinajstić information content (AvgIpc) is 3.08. The Bertz CT molecular complexity index is 721. The minimum Gasteiger partial charge on any atom is -0.467 e. The molecule has 0 aliphatic heterocycles. The predicted molar refractivity (Wildman–Crippen MR) is 90.8 cm³/mol. The fourth-order valence-electron chi connectivity index (χ4n) is 2.08. The van der Waals surface area contributed by atoms with Crippen LogP contribution in [-0.4, -0.2) is 30.1 Å². The fraction of sp³-hybridized carbons (Fsp3) is 0.294. The quantitative estimate of drug-likeness (QED) is 0.748. The molecule has 0 aliphatic carbocycles. The van der Waals surface area contributed by atoms with Gasteiger partial charge < -0.3 is 19.4 Å². The first-order valence-corrected chi connectivity index (χ1v) is 8.06. The minimum absolute atomic E-state index is 0.0478. The Labute approximate surface area is 149 Å². The SMILES string of the molecule is CCOC(=O)CCN(Cc1ccco1)C(=O)Nc1ccc(F)c(Cl)c1. The first-order chi connectivity index (χ1) is 12.0. The van der Waals surface area contributed by atoms with E-state index in [1.54, 1.807) is 19.1 Å². The van der Waals surface area contributed by atoms with Gasteiger partial charge >= 0.3 is 12.0 Å². The summed E-state index contributed by atoms with van der Waals surface area (Å²) in [6.45, 7) is 2.30. The smallest absolute Gasteiger partial charge is 0.322 e. The van der Waals surface area contributed by atoms with Crippen LogP contribution in [-0.2, 0) is 16.1 Å². The van der Waals surface area contributed by atoms with Gasteiger partial charge in [0.15, 0.2) is 0 Å². The van der Waals surface area contributed by atoms with E-state index in [1.807, 2.05) is 0 Å². The number of furan rings is 1. The molecule has 0 unspecified atom stereocenters. The Balaban J connectivity index is 2.05. The lowest BCUT2D eigenvalue weighted by molar-refractivity contribution is -0.143. The summed E-state index contributed by atoms with van der Waals surface area (Å²) in [7, 11) is 0. The second-order valence-corrected chi connectivity index (χ2v) is 5.52. The van der Waals surface area contributed by atoms with Gasteiger partial charge in [-0.2, -0.15) is 0 Å². The van der Waals surface area contributed by atoms with Gasteiger partial charge in [0, 0.05) is 12.2 Å². The molecule has 2 aromatic rings. The molecule has 1 heterocycles. The van der Waals surface area contributed by atoms with Crippen molar-refractivity contribution in [2.45, 2.75) is 19.9 Å². The number of benzene rings is 1. The summed E-state index contributed by atoms with van der Waals surface area (Å²) in [5.41, 5.74) is 0.344. The molecule has 1 aromatic heterocycles. The van der Waals surface area contributed by atoms with Crippen molar-refractivity contribution >= 4 is 29.3 Å². The molecule has 0 spiro atoms. The Morgan fingerprint density at radius 3 is 2.80 bits per heavy atom. The molecule has 0 aliphatic rings. The maximum atomic E-state index is 13.2. The van der Waals surface area contributed by atoms with Crippen LogP contribution >= 0.6 is 11.6 Å². The lowest BCUT2D eigenvalue weighted by Gasteiger charge is -2.22. The van der Waals surface area contributed by atoms with Crippen molar-refractivity contribution in [2.24, 2.45) is 0 Å². The van der Waals surface area contributed by atoms with Crippen LogP contribution in [0.4, 0.5) is 14.9 Å². The van der Waals surface area contributed by atoms with Crippen LogP contribution in [0, 0.1) is 5.82 Å². The van der Waals surface area contributed by atoms with Crippen molar-refractivity contribution in [3.8, 4) is 0 Å². The van der Waals surface area contributed by atoms with Gasteiger partial charge in [-0.25, -0.2) is 9.18 Å². The first kappa shape index (κ1) is 18.8. The van der Waals surface area contributed by atoms with E-state index in [1.165, 1.54) is 23.3 Å². The number of halogens is 2. The van der Waals surface area contributed by atoms with Crippen molar-refractivity contribution in [1.82, 2.24) is 4.90 Å². The maximum Gasteiger partial charge on any atom is 0.322 e. The minimum atomic E-state index is -0.575. The van der Waals surface area contributed by atoms with Crippen LogP contribution in [0.25, 0.3) is 0 Å². The number of nitrogens with zero attached hydrogens (tertiary/aromatic N) is 1. The molecule has 0 atom stereocenters. The third-order valence-corrected chi connectivity index (χ3v) is 3.57. The van der Waals surface area contributed by atoms with Crippen LogP contribution in [0.15, 0.2) is 41.0 Å². The summed E-state index contributed by atoms with van der Waals surface area (Å²) in [6, 6.07) is 6.83. The summed E-state index contributed by atoms with van der Waals surface area (Å²) < 4.78 is 23.3. The van der Waals surface area contributed by atoms with Gasteiger partial charge in [-0.15, -0.1) is 0 Å². The van der Waals surface area contributed by atoms with Crippen molar-refractivity contribution in [3.63, 3.8) is 0 Å². The van der Waals surface area contributed by atoms with E-state index in [-0.39, 0.29) is 31.1 Å². The van der Waals surface area contributed by atoms with Crippen molar-refractivity contribution in [3.05, 3.63) is 53.2 Å². The zero-order valence-corrected chi connectivity index (χ0v) is 14.4. The summed E-state index contributed by atoms with van der Waals surface area (Å²) in [4.78, 5) is 25.4. The predicted octanol–water partition coefficient (Wildman–Crippen LogP) is 4.06. The number of rotatable bonds is 7. The summed E-state index contributed by atoms with van der Waals surface area (Å²) in [5.74, 6) is -0.407. The normalized spacial score (nSPS) is 10.4. The molecular formula is C17H18ClFN2O4. The van der Waals surface area contributed by atoms with E-state index in [0.717, 1.165) is 6.07 Å².